The minimum absolute atomic E-state index is 0.293. The molecule has 0 saturated heterocycles. The van der Waals surface area contributed by atoms with Gasteiger partial charge in [0.2, 0.25) is 0 Å². The van der Waals surface area contributed by atoms with Gasteiger partial charge in [-0.15, -0.1) is 11.5 Å². The van der Waals surface area contributed by atoms with E-state index in [1.807, 2.05) is 30.3 Å². The molecule has 21 heavy (non-hydrogen) atoms. The minimum atomic E-state index is -1.26. The standard InChI is InChI=1S/C18H26O2Si/c1-16(12-14-21(3,4)5)7-6-13-20-15-17-8-10-18(19-2)11-9-17/h6-11,16H,13,15H2,1-5H3/b7-6-. The molecular formula is C18H26O2Si. The highest BCUT2D eigenvalue weighted by atomic mass is 28.3. The summed E-state index contributed by atoms with van der Waals surface area (Å²) in [5.41, 5.74) is 4.53. The molecule has 0 aromatic heterocycles. The number of benzene rings is 1. The first-order chi connectivity index (χ1) is 9.90. The summed E-state index contributed by atoms with van der Waals surface area (Å²) in [6.45, 7) is 10.1. The highest BCUT2D eigenvalue weighted by Gasteiger charge is 2.07. The summed E-state index contributed by atoms with van der Waals surface area (Å²) in [5.74, 6) is 4.46. The van der Waals surface area contributed by atoms with Gasteiger partial charge in [0.05, 0.1) is 20.3 Å². The van der Waals surface area contributed by atoms with Gasteiger partial charge < -0.3 is 9.47 Å². The summed E-state index contributed by atoms with van der Waals surface area (Å²) in [6, 6.07) is 7.93. The second kappa shape index (κ2) is 8.71. The Kier molecular flexibility index (Phi) is 7.28. The summed E-state index contributed by atoms with van der Waals surface area (Å²) < 4.78 is 10.7. The van der Waals surface area contributed by atoms with Crippen LogP contribution in [0.15, 0.2) is 36.4 Å². The third kappa shape index (κ3) is 8.39. The molecule has 0 saturated carbocycles. The van der Waals surface area contributed by atoms with Gasteiger partial charge in [-0.1, -0.05) is 43.9 Å². The van der Waals surface area contributed by atoms with Crippen molar-refractivity contribution in [3.63, 3.8) is 0 Å². The molecule has 114 valence electrons. The highest BCUT2D eigenvalue weighted by Crippen LogP contribution is 2.11. The Morgan fingerprint density at radius 2 is 1.86 bits per heavy atom. The molecule has 1 rings (SSSR count). The van der Waals surface area contributed by atoms with E-state index in [1.54, 1.807) is 7.11 Å². The summed E-state index contributed by atoms with van der Waals surface area (Å²) >= 11 is 0. The zero-order valence-electron chi connectivity index (χ0n) is 13.8. The number of rotatable bonds is 6. The first-order valence-corrected chi connectivity index (χ1v) is 10.8. The van der Waals surface area contributed by atoms with Crippen molar-refractivity contribution in [3.05, 3.63) is 42.0 Å². The summed E-state index contributed by atoms with van der Waals surface area (Å²) in [7, 11) is 0.406. The number of hydrogen-bond acceptors (Lipinski definition) is 2. The average molecular weight is 302 g/mol. The Bertz CT molecular complexity index is 501. The summed E-state index contributed by atoms with van der Waals surface area (Å²) in [6.07, 6.45) is 4.16. The lowest BCUT2D eigenvalue weighted by Crippen LogP contribution is -2.16. The molecular weight excluding hydrogens is 276 g/mol. The number of methoxy groups -OCH3 is 1. The Hall–Kier alpha value is -1.50. The predicted molar refractivity (Wildman–Crippen MR) is 92.1 cm³/mol. The lowest BCUT2D eigenvalue weighted by molar-refractivity contribution is 0.148. The van der Waals surface area contributed by atoms with Gasteiger partial charge in [-0.05, 0) is 24.6 Å². The molecule has 0 bridgehead atoms. The van der Waals surface area contributed by atoms with E-state index < -0.39 is 8.07 Å². The first-order valence-electron chi connectivity index (χ1n) is 7.31. The topological polar surface area (TPSA) is 18.5 Å². The van der Waals surface area contributed by atoms with Gasteiger partial charge in [-0.25, -0.2) is 0 Å². The second-order valence-corrected chi connectivity index (χ2v) is 10.8. The molecule has 0 N–H and O–H groups in total. The third-order valence-corrected chi connectivity index (χ3v) is 3.64. The van der Waals surface area contributed by atoms with Crippen LogP contribution >= 0.6 is 0 Å². The zero-order chi connectivity index (χ0) is 15.7. The van der Waals surface area contributed by atoms with Crippen molar-refractivity contribution in [2.45, 2.75) is 33.2 Å². The molecule has 2 nitrogen and oxygen atoms in total. The van der Waals surface area contributed by atoms with Crippen LogP contribution in [0.25, 0.3) is 0 Å². The van der Waals surface area contributed by atoms with Gasteiger partial charge in [0.25, 0.3) is 0 Å². The van der Waals surface area contributed by atoms with Crippen LogP contribution in [0.2, 0.25) is 19.6 Å². The van der Waals surface area contributed by atoms with Crippen molar-refractivity contribution in [2.75, 3.05) is 13.7 Å². The quantitative estimate of drug-likeness (QED) is 0.338. The van der Waals surface area contributed by atoms with E-state index in [1.165, 1.54) is 0 Å². The van der Waals surface area contributed by atoms with Crippen LogP contribution in [0.4, 0.5) is 0 Å². The van der Waals surface area contributed by atoms with Crippen LogP contribution in [0, 0.1) is 17.4 Å². The van der Waals surface area contributed by atoms with Gasteiger partial charge in [-0.3, -0.25) is 0 Å². The molecule has 3 heteroatoms. The predicted octanol–water partition coefficient (Wildman–Crippen LogP) is 4.28. The highest BCUT2D eigenvalue weighted by molar-refractivity contribution is 6.83. The molecule has 0 heterocycles. The van der Waals surface area contributed by atoms with Crippen LogP contribution in [-0.2, 0) is 11.3 Å². The van der Waals surface area contributed by atoms with Crippen molar-refractivity contribution in [2.24, 2.45) is 5.92 Å². The van der Waals surface area contributed by atoms with Crippen molar-refractivity contribution in [3.8, 4) is 17.2 Å². The van der Waals surface area contributed by atoms with Crippen LogP contribution < -0.4 is 4.74 Å². The molecule has 0 spiro atoms. The molecule has 1 aromatic carbocycles. The molecule has 0 aliphatic heterocycles. The molecule has 0 radical (unpaired) electrons. The zero-order valence-corrected chi connectivity index (χ0v) is 14.8. The van der Waals surface area contributed by atoms with Crippen molar-refractivity contribution in [1.82, 2.24) is 0 Å². The van der Waals surface area contributed by atoms with Gasteiger partial charge in [-0.2, -0.15) is 0 Å². The average Bonchev–Trinajstić information content (AvgIpc) is 2.44. The van der Waals surface area contributed by atoms with Gasteiger partial charge in [0, 0.05) is 5.92 Å². The Morgan fingerprint density at radius 1 is 1.19 bits per heavy atom. The normalized spacial score (nSPS) is 12.8. The Balaban J connectivity index is 2.29. The maximum absolute atomic E-state index is 5.62. The maximum atomic E-state index is 5.62. The van der Waals surface area contributed by atoms with Crippen molar-refractivity contribution >= 4 is 8.07 Å². The summed E-state index contributed by atoms with van der Waals surface area (Å²) in [5, 5.41) is 0. The van der Waals surface area contributed by atoms with E-state index >= 15 is 0 Å². The Morgan fingerprint density at radius 3 is 2.43 bits per heavy atom. The van der Waals surface area contributed by atoms with E-state index in [4.69, 9.17) is 9.47 Å². The van der Waals surface area contributed by atoms with E-state index in [2.05, 4.69) is 44.1 Å². The van der Waals surface area contributed by atoms with Crippen LogP contribution in [0.1, 0.15) is 12.5 Å². The molecule has 0 amide bonds. The first kappa shape index (κ1) is 17.5. The molecule has 1 unspecified atom stereocenters. The maximum Gasteiger partial charge on any atom is 0.129 e. The fourth-order valence-corrected chi connectivity index (χ4v) is 2.27. The number of allylic oxidation sites excluding steroid dienone is 1. The van der Waals surface area contributed by atoms with Gasteiger partial charge in [0.15, 0.2) is 0 Å². The van der Waals surface area contributed by atoms with Crippen LogP contribution in [0.3, 0.4) is 0 Å². The van der Waals surface area contributed by atoms with Crippen molar-refractivity contribution in [1.29, 1.82) is 0 Å². The van der Waals surface area contributed by atoms with E-state index in [9.17, 15) is 0 Å². The third-order valence-electron chi connectivity index (χ3n) is 2.74. The molecule has 0 fully saturated rings. The summed E-state index contributed by atoms with van der Waals surface area (Å²) in [4.78, 5) is 0. The fourth-order valence-electron chi connectivity index (χ4n) is 1.60. The second-order valence-electron chi connectivity index (χ2n) is 6.10. The molecule has 0 aliphatic carbocycles. The lowest BCUT2D eigenvalue weighted by atomic mass is 10.2. The molecule has 1 atom stereocenters. The largest absolute Gasteiger partial charge is 0.497 e. The van der Waals surface area contributed by atoms with E-state index in [0.29, 0.717) is 19.1 Å². The van der Waals surface area contributed by atoms with Crippen LogP contribution in [0.5, 0.6) is 5.75 Å². The smallest absolute Gasteiger partial charge is 0.129 e. The lowest BCUT2D eigenvalue weighted by Gasteiger charge is -2.05. The number of ether oxygens (including phenoxy) is 2. The minimum Gasteiger partial charge on any atom is -0.497 e. The number of hydrogen-bond donors (Lipinski definition) is 0. The van der Waals surface area contributed by atoms with E-state index in [0.717, 1.165) is 11.3 Å². The van der Waals surface area contributed by atoms with Gasteiger partial charge in [0.1, 0.15) is 13.8 Å². The van der Waals surface area contributed by atoms with E-state index in [-0.39, 0.29) is 0 Å². The van der Waals surface area contributed by atoms with Crippen molar-refractivity contribution < 1.29 is 9.47 Å². The molecule has 1 aromatic rings. The Labute approximate surface area is 130 Å². The SMILES string of the molecule is COc1ccc(COC/C=C\C(C)C#C[Si](C)(C)C)cc1. The fraction of sp³-hybridized carbons (Fsp3) is 0.444. The van der Waals surface area contributed by atoms with Crippen LogP contribution in [-0.4, -0.2) is 21.8 Å². The molecule has 0 aliphatic rings. The monoisotopic (exact) mass is 302 g/mol. The van der Waals surface area contributed by atoms with Gasteiger partial charge >= 0.3 is 0 Å².